The minimum absolute atomic E-state index is 0.0827. The number of aliphatic hydroxyl groups is 1. The minimum Gasteiger partial charge on any atom is -0.395 e. The van der Waals surface area contributed by atoms with E-state index >= 15 is 0 Å². The van der Waals surface area contributed by atoms with E-state index in [4.69, 9.17) is 5.11 Å². The van der Waals surface area contributed by atoms with Crippen LogP contribution in [0.25, 0.3) is 0 Å². The van der Waals surface area contributed by atoms with E-state index in [9.17, 15) is 13.2 Å². The van der Waals surface area contributed by atoms with Gasteiger partial charge < -0.3 is 10.0 Å². The molecule has 0 aliphatic carbocycles. The highest BCUT2D eigenvalue weighted by Crippen LogP contribution is 2.19. The molecule has 0 unspecified atom stereocenters. The molecule has 7 heteroatoms. The zero-order valence-electron chi connectivity index (χ0n) is 15.0. The number of nitrogens with one attached hydrogen (secondary N) is 1. The molecule has 2 N–H and O–H groups in total. The van der Waals surface area contributed by atoms with E-state index < -0.39 is 10.0 Å². The van der Waals surface area contributed by atoms with Gasteiger partial charge in [-0.05, 0) is 37.1 Å². The van der Waals surface area contributed by atoms with Crippen molar-refractivity contribution in [3.8, 4) is 0 Å². The van der Waals surface area contributed by atoms with E-state index in [0.29, 0.717) is 12.1 Å². The average Bonchev–Trinajstić information content (AvgIpc) is 2.65. The quantitative estimate of drug-likeness (QED) is 0.737. The smallest absolute Gasteiger partial charge is 0.253 e. The number of nitrogens with zero attached hydrogens (tertiary/aromatic N) is 1. The lowest BCUT2D eigenvalue weighted by atomic mass is 10.1. The van der Waals surface area contributed by atoms with E-state index in [2.05, 4.69) is 4.72 Å². The monoisotopic (exact) mass is 376 g/mol. The van der Waals surface area contributed by atoms with Gasteiger partial charge in [-0.3, -0.25) is 4.79 Å². The highest BCUT2D eigenvalue weighted by atomic mass is 32.2. The molecule has 1 amide bonds. The van der Waals surface area contributed by atoms with Gasteiger partial charge in [-0.15, -0.1) is 0 Å². The van der Waals surface area contributed by atoms with Gasteiger partial charge in [-0.2, -0.15) is 0 Å². The molecule has 2 aromatic rings. The Labute approximate surface area is 154 Å². The molecule has 0 aliphatic heterocycles. The first-order valence-electron chi connectivity index (χ1n) is 8.43. The van der Waals surface area contributed by atoms with Crippen LogP contribution in [0.5, 0.6) is 0 Å². The Morgan fingerprint density at radius 3 is 2.46 bits per heavy atom. The van der Waals surface area contributed by atoms with Crippen LogP contribution in [0.2, 0.25) is 0 Å². The number of rotatable bonds is 8. The molecular weight excluding hydrogens is 352 g/mol. The Hall–Kier alpha value is -2.22. The van der Waals surface area contributed by atoms with Gasteiger partial charge in [0.15, 0.2) is 0 Å². The highest BCUT2D eigenvalue weighted by molar-refractivity contribution is 7.89. The third-order valence-corrected chi connectivity index (χ3v) is 5.62. The second-order valence-electron chi connectivity index (χ2n) is 5.90. The number of amides is 1. The largest absolute Gasteiger partial charge is 0.395 e. The van der Waals surface area contributed by atoms with E-state index in [1.165, 1.54) is 11.0 Å². The van der Waals surface area contributed by atoms with E-state index in [-0.39, 0.29) is 36.1 Å². The molecule has 0 bridgehead atoms. The maximum absolute atomic E-state index is 12.7. The van der Waals surface area contributed by atoms with Gasteiger partial charge in [0.05, 0.1) is 11.5 Å². The number of aryl methyl sites for hydroxylation is 1. The number of likely N-dealkylation sites (N-methyl/N-ethyl adjacent to an activating group) is 1. The summed E-state index contributed by atoms with van der Waals surface area (Å²) in [5.74, 6) is -0.305. The van der Waals surface area contributed by atoms with Crippen molar-refractivity contribution in [3.05, 3.63) is 65.2 Å². The maximum Gasteiger partial charge on any atom is 0.253 e. The van der Waals surface area contributed by atoms with Crippen LogP contribution in [0.1, 0.15) is 28.4 Å². The van der Waals surface area contributed by atoms with Crippen molar-refractivity contribution in [2.24, 2.45) is 0 Å². The van der Waals surface area contributed by atoms with Crippen LogP contribution in [-0.2, 0) is 16.6 Å². The third-order valence-electron chi connectivity index (χ3n) is 4.07. The average molecular weight is 376 g/mol. The maximum atomic E-state index is 12.7. The highest BCUT2D eigenvalue weighted by Gasteiger charge is 2.21. The van der Waals surface area contributed by atoms with Crippen LogP contribution in [0.15, 0.2) is 53.4 Å². The summed E-state index contributed by atoms with van der Waals surface area (Å²) in [4.78, 5) is 14.1. The summed E-state index contributed by atoms with van der Waals surface area (Å²) in [6.07, 6.45) is 0. The zero-order chi connectivity index (χ0) is 19.2. The molecule has 0 aromatic heterocycles. The number of benzene rings is 2. The SMILES string of the molecule is CCN(CCO)C(=O)c1ccc(C)c(S(=O)(=O)NCc2ccccc2)c1. The number of carbonyl (C=O) groups excluding carboxylic acids is 1. The summed E-state index contributed by atoms with van der Waals surface area (Å²) in [6.45, 7) is 4.16. The summed E-state index contributed by atoms with van der Waals surface area (Å²) in [5.41, 5.74) is 1.69. The summed E-state index contributed by atoms with van der Waals surface area (Å²) in [5, 5.41) is 9.07. The lowest BCUT2D eigenvalue weighted by Gasteiger charge is -2.20. The summed E-state index contributed by atoms with van der Waals surface area (Å²) in [7, 11) is -3.76. The number of aliphatic hydroxyl groups excluding tert-OH is 1. The summed E-state index contributed by atoms with van der Waals surface area (Å²) < 4.78 is 28.0. The number of sulfonamides is 1. The van der Waals surface area contributed by atoms with Crippen LogP contribution >= 0.6 is 0 Å². The van der Waals surface area contributed by atoms with Crippen LogP contribution < -0.4 is 4.72 Å². The Balaban J connectivity index is 2.26. The van der Waals surface area contributed by atoms with Gasteiger partial charge in [0.25, 0.3) is 5.91 Å². The van der Waals surface area contributed by atoms with E-state index in [1.807, 2.05) is 30.3 Å². The zero-order valence-corrected chi connectivity index (χ0v) is 15.8. The molecule has 0 radical (unpaired) electrons. The Kier molecular flexibility index (Phi) is 6.90. The number of hydrogen-bond acceptors (Lipinski definition) is 4. The van der Waals surface area contributed by atoms with Crippen LogP contribution in [0, 0.1) is 6.92 Å². The lowest BCUT2D eigenvalue weighted by Crippen LogP contribution is -2.33. The minimum atomic E-state index is -3.76. The summed E-state index contributed by atoms with van der Waals surface area (Å²) in [6, 6.07) is 13.8. The van der Waals surface area contributed by atoms with Gasteiger partial charge in [-0.25, -0.2) is 13.1 Å². The molecule has 0 saturated carbocycles. The second-order valence-corrected chi connectivity index (χ2v) is 7.63. The van der Waals surface area contributed by atoms with Crippen molar-refractivity contribution in [3.63, 3.8) is 0 Å². The van der Waals surface area contributed by atoms with Gasteiger partial charge in [0.2, 0.25) is 10.0 Å². The predicted octanol–water partition coefficient (Wildman–Crippen LogP) is 1.93. The second kappa shape index (κ2) is 8.93. The van der Waals surface area contributed by atoms with Crippen molar-refractivity contribution in [1.82, 2.24) is 9.62 Å². The molecule has 0 aliphatic rings. The molecule has 0 spiro atoms. The normalized spacial score (nSPS) is 11.3. The van der Waals surface area contributed by atoms with E-state index in [1.54, 1.807) is 26.0 Å². The molecule has 0 atom stereocenters. The molecule has 0 fully saturated rings. The number of hydrogen-bond donors (Lipinski definition) is 2. The van der Waals surface area contributed by atoms with Gasteiger partial charge in [0.1, 0.15) is 0 Å². The molecule has 0 saturated heterocycles. The molecule has 2 aromatic carbocycles. The Morgan fingerprint density at radius 2 is 1.85 bits per heavy atom. The molecule has 2 rings (SSSR count). The summed E-state index contributed by atoms with van der Waals surface area (Å²) >= 11 is 0. The van der Waals surface area contributed by atoms with Gasteiger partial charge in [-0.1, -0.05) is 36.4 Å². The van der Waals surface area contributed by atoms with Crippen molar-refractivity contribution in [2.75, 3.05) is 19.7 Å². The Bertz CT molecular complexity index is 851. The van der Waals surface area contributed by atoms with Crippen molar-refractivity contribution < 1.29 is 18.3 Å². The fraction of sp³-hybridized carbons (Fsp3) is 0.316. The van der Waals surface area contributed by atoms with Crippen LogP contribution in [0.3, 0.4) is 0 Å². The molecular formula is C19H24N2O4S. The van der Waals surface area contributed by atoms with Crippen LogP contribution in [-0.4, -0.2) is 44.0 Å². The fourth-order valence-corrected chi connectivity index (χ4v) is 3.87. The first kappa shape index (κ1) is 20.1. The molecule has 6 nitrogen and oxygen atoms in total. The predicted molar refractivity (Wildman–Crippen MR) is 100 cm³/mol. The number of carbonyl (C=O) groups is 1. The van der Waals surface area contributed by atoms with Gasteiger partial charge in [0, 0.05) is 25.2 Å². The first-order chi connectivity index (χ1) is 12.4. The van der Waals surface area contributed by atoms with Crippen molar-refractivity contribution >= 4 is 15.9 Å². The van der Waals surface area contributed by atoms with Crippen molar-refractivity contribution in [1.29, 1.82) is 0 Å². The van der Waals surface area contributed by atoms with Gasteiger partial charge >= 0.3 is 0 Å². The van der Waals surface area contributed by atoms with Crippen molar-refractivity contribution in [2.45, 2.75) is 25.3 Å². The van der Waals surface area contributed by atoms with E-state index in [0.717, 1.165) is 5.56 Å². The molecule has 26 heavy (non-hydrogen) atoms. The third kappa shape index (κ3) is 4.91. The molecule has 0 heterocycles. The lowest BCUT2D eigenvalue weighted by molar-refractivity contribution is 0.0731. The topological polar surface area (TPSA) is 86.7 Å². The molecule has 140 valence electrons. The fourth-order valence-electron chi connectivity index (χ4n) is 2.58. The Morgan fingerprint density at radius 1 is 1.15 bits per heavy atom. The van der Waals surface area contributed by atoms with Crippen LogP contribution in [0.4, 0.5) is 0 Å². The first-order valence-corrected chi connectivity index (χ1v) is 9.91. The standard InChI is InChI=1S/C19H24N2O4S/c1-3-21(11-12-22)19(23)17-10-9-15(2)18(13-17)26(24,25)20-14-16-7-5-4-6-8-16/h4-10,13,20,22H,3,11-12,14H2,1-2H3.